The number of rotatable bonds is 4. The van der Waals surface area contributed by atoms with Gasteiger partial charge in [0, 0.05) is 12.4 Å². The lowest BCUT2D eigenvalue weighted by molar-refractivity contribution is 0.102. The molecule has 1 N–H and O–H groups in total. The summed E-state index contributed by atoms with van der Waals surface area (Å²) in [4.78, 5) is 21.2. The van der Waals surface area contributed by atoms with E-state index in [1.54, 1.807) is 23.3 Å². The molecule has 1 amide bonds. The van der Waals surface area contributed by atoms with Crippen LogP contribution in [0.2, 0.25) is 0 Å². The predicted octanol–water partition coefficient (Wildman–Crippen LogP) is 3.32. The van der Waals surface area contributed by atoms with Crippen LogP contribution in [0.15, 0.2) is 67.3 Å². The van der Waals surface area contributed by atoms with Crippen LogP contribution in [0, 0.1) is 13.8 Å². The minimum Gasteiger partial charge on any atom is -0.320 e. The summed E-state index contributed by atoms with van der Waals surface area (Å²) in [5, 5.41) is 7.21. The number of hydrogen-bond acceptors (Lipinski definition) is 4. The molecule has 0 fully saturated rings. The number of nitrogens with zero attached hydrogens (tertiary/aromatic N) is 5. The third kappa shape index (κ3) is 3.22. The maximum Gasteiger partial charge on any atom is 0.259 e. The average Bonchev–Trinajstić information content (AvgIpc) is 3.29. The summed E-state index contributed by atoms with van der Waals surface area (Å²) in [7, 11) is 0. The van der Waals surface area contributed by atoms with Crippen molar-refractivity contribution in [2.75, 3.05) is 5.32 Å². The molecular weight excluding hydrogens is 340 g/mol. The largest absolute Gasteiger partial charge is 0.320 e. The van der Waals surface area contributed by atoms with Gasteiger partial charge in [0.2, 0.25) is 0 Å². The van der Waals surface area contributed by atoms with Gasteiger partial charge >= 0.3 is 0 Å². The number of aryl methyl sites for hydroxylation is 1. The van der Waals surface area contributed by atoms with Crippen molar-refractivity contribution in [1.29, 1.82) is 0 Å². The molecule has 3 heterocycles. The van der Waals surface area contributed by atoms with Crippen molar-refractivity contribution in [3.63, 3.8) is 0 Å². The topological polar surface area (TPSA) is 77.6 Å². The number of pyridine rings is 1. The monoisotopic (exact) mass is 358 g/mol. The molecule has 1 aromatic carbocycles. The predicted molar refractivity (Wildman–Crippen MR) is 102 cm³/mol. The number of imidazole rings is 1. The van der Waals surface area contributed by atoms with Crippen LogP contribution in [-0.4, -0.2) is 30.2 Å². The Morgan fingerprint density at radius 3 is 2.48 bits per heavy atom. The SMILES string of the molecule is Cc1nccn1-c1ccc(NC(=O)c2cnn(-c3ccccc3)c2C)cn1. The van der Waals surface area contributed by atoms with Crippen molar-refractivity contribution in [3.8, 4) is 11.5 Å². The summed E-state index contributed by atoms with van der Waals surface area (Å²) in [5.74, 6) is 1.38. The fourth-order valence-corrected chi connectivity index (χ4v) is 2.88. The van der Waals surface area contributed by atoms with Crippen LogP contribution in [0.4, 0.5) is 5.69 Å². The van der Waals surface area contributed by atoms with Gasteiger partial charge in [-0.05, 0) is 38.1 Å². The number of carbonyl (C=O) groups excluding carboxylic acids is 1. The Kier molecular flexibility index (Phi) is 4.25. The van der Waals surface area contributed by atoms with Gasteiger partial charge in [0.1, 0.15) is 11.6 Å². The Morgan fingerprint density at radius 1 is 1.00 bits per heavy atom. The van der Waals surface area contributed by atoms with Crippen molar-refractivity contribution in [2.45, 2.75) is 13.8 Å². The lowest BCUT2D eigenvalue weighted by Crippen LogP contribution is -2.13. The zero-order chi connectivity index (χ0) is 18.8. The molecule has 4 rings (SSSR count). The Morgan fingerprint density at radius 2 is 1.81 bits per heavy atom. The number of benzene rings is 1. The summed E-state index contributed by atoms with van der Waals surface area (Å²) in [5.41, 5.74) is 2.83. The summed E-state index contributed by atoms with van der Waals surface area (Å²) in [6, 6.07) is 13.4. The van der Waals surface area contributed by atoms with Crippen LogP contribution in [0.5, 0.6) is 0 Å². The van der Waals surface area contributed by atoms with Crippen LogP contribution in [0.3, 0.4) is 0 Å². The van der Waals surface area contributed by atoms with Gasteiger partial charge in [0.15, 0.2) is 0 Å². The second kappa shape index (κ2) is 6.87. The Balaban J connectivity index is 1.53. The van der Waals surface area contributed by atoms with Crippen LogP contribution >= 0.6 is 0 Å². The smallest absolute Gasteiger partial charge is 0.259 e. The van der Waals surface area contributed by atoms with E-state index in [9.17, 15) is 4.79 Å². The van der Waals surface area contributed by atoms with E-state index in [2.05, 4.69) is 20.4 Å². The van der Waals surface area contributed by atoms with E-state index in [0.29, 0.717) is 11.3 Å². The van der Waals surface area contributed by atoms with E-state index in [4.69, 9.17) is 0 Å². The van der Waals surface area contributed by atoms with Crippen molar-refractivity contribution >= 4 is 11.6 Å². The van der Waals surface area contributed by atoms with E-state index >= 15 is 0 Å². The summed E-state index contributed by atoms with van der Waals surface area (Å²) in [6.45, 7) is 3.78. The standard InChI is InChI=1S/C20H18N6O/c1-14-18(13-23-26(14)17-6-4-3-5-7-17)20(27)24-16-8-9-19(22-12-16)25-11-10-21-15(25)2/h3-13H,1-2H3,(H,24,27). The van der Waals surface area contributed by atoms with Crippen molar-refractivity contribution in [3.05, 3.63) is 84.3 Å². The molecule has 0 bridgehead atoms. The maximum absolute atomic E-state index is 12.6. The zero-order valence-corrected chi connectivity index (χ0v) is 15.0. The van der Waals surface area contributed by atoms with Crippen LogP contribution < -0.4 is 5.32 Å². The fourth-order valence-electron chi connectivity index (χ4n) is 2.88. The number of amides is 1. The highest BCUT2D eigenvalue weighted by atomic mass is 16.1. The summed E-state index contributed by atoms with van der Waals surface area (Å²) in [6.07, 6.45) is 6.77. The van der Waals surface area contributed by atoms with Gasteiger partial charge in [-0.15, -0.1) is 0 Å². The Hall–Kier alpha value is -3.74. The van der Waals surface area contributed by atoms with Gasteiger partial charge < -0.3 is 5.32 Å². The van der Waals surface area contributed by atoms with Crippen molar-refractivity contribution < 1.29 is 4.79 Å². The minimum absolute atomic E-state index is 0.219. The lowest BCUT2D eigenvalue weighted by atomic mass is 10.2. The van der Waals surface area contributed by atoms with Crippen molar-refractivity contribution in [1.82, 2.24) is 24.3 Å². The molecule has 27 heavy (non-hydrogen) atoms. The molecule has 3 aromatic heterocycles. The number of anilines is 1. The summed E-state index contributed by atoms with van der Waals surface area (Å²) >= 11 is 0. The molecule has 0 spiro atoms. The van der Waals surface area contributed by atoms with Gasteiger partial charge in [0.25, 0.3) is 5.91 Å². The molecule has 134 valence electrons. The molecule has 7 heteroatoms. The highest BCUT2D eigenvalue weighted by Crippen LogP contribution is 2.17. The second-order valence-electron chi connectivity index (χ2n) is 6.09. The van der Waals surface area contributed by atoms with E-state index in [0.717, 1.165) is 23.0 Å². The third-order valence-corrected chi connectivity index (χ3v) is 4.33. The first-order chi connectivity index (χ1) is 13.1. The molecule has 0 saturated carbocycles. The Bertz CT molecular complexity index is 1080. The van der Waals surface area contributed by atoms with E-state index in [1.165, 1.54) is 0 Å². The Labute approximate surface area is 156 Å². The van der Waals surface area contributed by atoms with Gasteiger partial charge in [-0.1, -0.05) is 18.2 Å². The van der Waals surface area contributed by atoms with Crippen molar-refractivity contribution in [2.24, 2.45) is 0 Å². The van der Waals surface area contributed by atoms with E-state index in [1.807, 2.05) is 67.1 Å². The van der Waals surface area contributed by atoms with Gasteiger partial charge in [-0.3, -0.25) is 9.36 Å². The van der Waals surface area contributed by atoms with E-state index < -0.39 is 0 Å². The van der Waals surface area contributed by atoms with Gasteiger partial charge in [0.05, 0.1) is 35.0 Å². The number of nitrogens with one attached hydrogen (secondary N) is 1. The van der Waals surface area contributed by atoms with Crippen LogP contribution in [0.25, 0.3) is 11.5 Å². The minimum atomic E-state index is -0.219. The highest BCUT2D eigenvalue weighted by Gasteiger charge is 2.15. The van der Waals surface area contributed by atoms with E-state index in [-0.39, 0.29) is 5.91 Å². The molecule has 4 aromatic rings. The molecule has 7 nitrogen and oxygen atoms in total. The van der Waals surface area contributed by atoms with Crippen LogP contribution in [0.1, 0.15) is 21.9 Å². The number of aromatic nitrogens is 5. The third-order valence-electron chi connectivity index (χ3n) is 4.33. The lowest BCUT2D eigenvalue weighted by Gasteiger charge is -2.08. The normalized spacial score (nSPS) is 10.7. The molecule has 0 unspecified atom stereocenters. The van der Waals surface area contributed by atoms with Crippen LogP contribution in [-0.2, 0) is 0 Å². The second-order valence-corrected chi connectivity index (χ2v) is 6.09. The molecule has 0 aliphatic rings. The molecule has 0 radical (unpaired) electrons. The first-order valence-electron chi connectivity index (χ1n) is 8.51. The zero-order valence-electron chi connectivity index (χ0n) is 15.0. The molecule has 0 aliphatic carbocycles. The molecule has 0 aliphatic heterocycles. The maximum atomic E-state index is 12.6. The van der Waals surface area contributed by atoms with Gasteiger partial charge in [-0.25, -0.2) is 14.6 Å². The molecular formula is C20H18N6O. The molecule has 0 saturated heterocycles. The number of carbonyl (C=O) groups is 1. The fraction of sp³-hybridized carbons (Fsp3) is 0.100. The first kappa shape index (κ1) is 16.7. The van der Waals surface area contributed by atoms with Gasteiger partial charge in [-0.2, -0.15) is 5.10 Å². The number of hydrogen-bond donors (Lipinski definition) is 1. The number of para-hydroxylation sites is 1. The summed E-state index contributed by atoms with van der Waals surface area (Å²) < 4.78 is 3.62. The highest BCUT2D eigenvalue weighted by molar-refractivity contribution is 6.04. The molecule has 0 atom stereocenters. The average molecular weight is 358 g/mol. The quantitative estimate of drug-likeness (QED) is 0.607. The first-order valence-corrected chi connectivity index (χ1v) is 8.51.